The van der Waals surface area contributed by atoms with Crippen molar-refractivity contribution in [3.63, 3.8) is 0 Å². The summed E-state index contributed by atoms with van der Waals surface area (Å²) in [5.41, 5.74) is 1.81. The molecule has 0 spiro atoms. The van der Waals surface area contributed by atoms with Gasteiger partial charge in [0.1, 0.15) is 12.4 Å². The van der Waals surface area contributed by atoms with E-state index in [4.69, 9.17) is 4.74 Å². The Morgan fingerprint density at radius 1 is 1.33 bits per heavy atom. The Morgan fingerprint density at radius 3 is 3.19 bits per heavy atom. The van der Waals surface area contributed by atoms with Crippen molar-refractivity contribution >= 4 is 22.0 Å². The first-order valence-corrected chi connectivity index (χ1v) is 7.62. The number of benzene rings is 1. The Labute approximate surface area is 125 Å². The second-order valence-corrected chi connectivity index (χ2v) is 5.75. The molecule has 0 bridgehead atoms. The van der Waals surface area contributed by atoms with E-state index in [1.54, 1.807) is 16.7 Å². The first kappa shape index (κ1) is 12.4. The van der Waals surface area contributed by atoms with Gasteiger partial charge in [0.25, 0.3) is 5.56 Å². The lowest BCUT2D eigenvalue weighted by Crippen LogP contribution is -2.33. The molecule has 1 aromatic carbocycles. The summed E-state index contributed by atoms with van der Waals surface area (Å²) < 4.78 is 7.22. The lowest BCUT2D eigenvalue weighted by molar-refractivity contribution is 0.306. The minimum atomic E-state index is -0.0298. The van der Waals surface area contributed by atoms with Crippen LogP contribution in [0.4, 0.5) is 5.69 Å². The van der Waals surface area contributed by atoms with E-state index in [1.165, 1.54) is 11.3 Å². The highest BCUT2D eigenvalue weighted by Crippen LogP contribution is 2.31. The monoisotopic (exact) mass is 299 g/mol. The number of rotatable bonds is 2. The molecule has 0 unspecified atom stereocenters. The van der Waals surface area contributed by atoms with Crippen molar-refractivity contribution in [3.8, 4) is 5.75 Å². The van der Waals surface area contributed by atoms with Crippen LogP contribution in [0, 0.1) is 0 Å². The average Bonchev–Trinajstić information content (AvgIpc) is 2.97. The molecule has 5 nitrogen and oxygen atoms in total. The largest absolute Gasteiger partial charge is 0.490 e. The van der Waals surface area contributed by atoms with Crippen LogP contribution >= 0.6 is 11.3 Å². The predicted molar refractivity (Wildman–Crippen MR) is 82.3 cm³/mol. The molecule has 0 amide bonds. The molecule has 0 saturated heterocycles. The van der Waals surface area contributed by atoms with Crippen molar-refractivity contribution in [3.05, 3.63) is 58.0 Å². The molecular weight excluding hydrogens is 286 g/mol. The Morgan fingerprint density at radius 2 is 2.24 bits per heavy atom. The Kier molecular flexibility index (Phi) is 2.89. The predicted octanol–water partition coefficient (Wildman–Crippen LogP) is 2.16. The fourth-order valence-electron chi connectivity index (χ4n) is 2.56. The first-order chi connectivity index (χ1) is 10.3. The van der Waals surface area contributed by atoms with Gasteiger partial charge < -0.3 is 9.64 Å². The molecular formula is C15H13N3O2S. The van der Waals surface area contributed by atoms with Crippen LogP contribution in [0.1, 0.15) is 5.69 Å². The number of hydrogen-bond donors (Lipinski definition) is 0. The standard InChI is InChI=1S/C15H13N3O2S/c19-14-9-11(16-15-18(14)6-8-21-15)10-17-5-7-20-13-4-2-1-3-12(13)17/h1-4,6,8-9H,5,7,10H2. The molecule has 0 aliphatic carbocycles. The zero-order valence-corrected chi connectivity index (χ0v) is 12.0. The molecule has 2 aromatic heterocycles. The van der Waals surface area contributed by atoms with Gasteiger partial charge in [0.15, 0.2) is 4.96 Å². The van der Waals surface area contributed by atoms with Gasteiger partial charge in [0.05, 0.1) is 24.5 Å². The maximum Gasteiger partial charge on any atom is 0.258 e. The van der Waals surface area contributed by atoms with Crippen molar-refractivity contribution in [1.29, 1.82) is 0 Å². The third-order valence-electron chi connectivity index (χ3n) is 3.53. The molecule has 0 N–H and O–H groups in total. The van der Waals surface area contributed by atoms with Crippen LogP contribution in [0.2, 0.25) is 0 Å². The van der Waals surface area contributed by atoms with Gasteiger partial charge in [-0.15, -0.1) is 11.3 Å². The van der Waals surface area contributed by atoms with Crippen LogP contribution in [0.15, 0.2) is 46.7 Å². The summed E-state index contributed by atoms with van der Waals surface area (Å²) in [5, 5.41) is 1.87. The van der Waals surface area contributed by atoms with E-state index in [0.29, 0.717) is 13.2 Å². The normalized spacial score (nSPS) is 14.0. The van der Waals surface area contributed by atoms with E-state index in [1.807, 2.05) is 29.6 Å². The van der Waals surface area contributed by atoms with E-state index in [9.17, 15) is 4.79 Å². The van der Waals surface area contributed by atoms with Gasteiger partial charge in [-0.3, -0.25) is 9.20 Å². The highest BCUT2D eigenvalue weighted by atomic mass is 32.1. The third kappa shape index (κ3) is 2.17. The molecule has 1 aliphatic rings. The maximum atomic E-state index is 12.0. The summed E-state index contributed by atoms with van der Waals surface area (Å²) in [7, 11) is 0. The van der Waals surface area contributed by atoms with E-state index in [-0.39, 0.29) is 5.56 Å². The zero-order chi connectivity index (χ0) is 14.2. The van der Waals surface area contributed by atoms with Gasteiger partial charge in [-0.1, -0.05) is 12.1 Å². The lowest BCUT2D eigenvalue weighted by Gasteiger charge is -2.30. The zero-order valence-electron chi connectivity index (χ0n) is 11.2. The number of thiazole rings is 1. The van der Waals surface area contributed by atoms with E-state index >= 15 is 0 Å². The summed E-state index contributed by atoms with van der Waals surface area (Å²) in [6, 6.07) is 9.56. The number of anilines is 1. The number of aromatic nitrogens is 2. The molecule has 3 aromatic rings. The lowest BCUT2D eigenvalue weighted by atomic mass is 10.2. The second-order valence-electron chi connectivity index (χ2n) is 4.88. The number of ether oxygens (including phenoxy) is 1. The first-order valence-electron chi connectivity index (χ1n) is 6.74. The van der Waals surface area contributed by atoms with Gasteiger partial charge in [-0.2, -0.15) is 0 Å². The van der Waals surface area contributed by atoms with Crippen LogP contribution in [0.25, 0.3) is 4.96 Å². The summed E-state index contributed by atoms with van der Waals surface area (Å²) in [6.07, 6.45) is 1.75. The topological polar surface area (TPSA) is 46.8 Å². The van der Waals surface area contributed by atoms with Crippen LogP contribution in [0.3, 0.4) is 0 Å². The molecule has 0 atom stereocenters. The summed E-state index contributed by atoms with van der Waals surface area (Å²) >= 11 is 1.47. The van der Waals surface area contributed by atoms with E-state index < -0.39 is 0 Å². The van der Waals surface area contributed by atoms with Crippen molar-refractivity contribution in [2.75, 3.05) is 18.1 Å². The van der Waals surface area contributed by atoms with Gasteiger partial charge in [-0.25, -0.2) is 4.98 Å². The Hall–Kier alpha value is -2.34. The number of hydrogen-bond acceptors (Lipinski definition) is 5. The minimum Gasteiger partial charge on any atom is -0.490 e. The summed E-state index contributed by atoms with van der Waals surface area (Å²) in [5.74, 6) is 0.887. The summed E-state index contributed by atoms with van der Waals surface area (Å²) in [6.45, 7) is 2.06. The molecule has 0 fully saturated rings. The quantitative estimate of drug-likeness (QED) is 0.727. The molecule has 106 valence electrons. The van der Waals surface area contributed by atoms with E-state index in [0.717, 1.165) is 28.6 Å². The number of nitrogens with zero attached hydrogens (tertiary/aromatic N) is 3. The van der Waals surface area contributed by atoms with Crippen LogP contribution in [0.5, 0.6) is 5.75 Å². The van der Waals surface area contributed by atoms with Gasteiger partial charge in [0, 0.05) is 17.6 Å². The Bertz CT molecular complexity index is 855. The fourth-order valence-corrected chi connectivity index (χ4v) is 3.29. The molecule has 3 heterocycles. The van der Waals surface area contributed by atoms with Crippen LogP contribution in [-0.4, -0.2) is 22.5 Å². The number of para-hydroxylation sites is 2. The molecule has 0 saturated carbocycles. The molecule has 6 heteroatoms. The minimum absolute atomic E-state index is 0.0298. The molecule has 1 aliphatic heterocycles. The Balaban J connectivity index is 1.71. The van der Waals surface area contributed by atoms with Crippen LogP contribution < -0.4 is 15.2 Å². The number of fused-ring (bicyclic) bond motifs is 2. The summed E-state index contributed by atoms with van der Waals surface area (Å²) in [4.78, 5) is 19.5. The highest BCUT2D eigenvalue weighted by molar-refractivity contribution is 7.15. The molecule has 0 radical (unpaired) electrons. The van der Waals surface area contributed by atoms with Crippen molar-refractivity contribution in [1.82, 2.24) is 9.38 Å². The average molecular weight is 299 g/mol. The molecule has 4 rings (SSSR count). The van der Waals surface area contributed by atoms with Crippen molar-refractivity contribution in [2.45, 2.75) is 6.54 Å². The third-order valence-corrected chi connectivity index (χ3v) is 4.29. The van der Waals surface area contributed by atoms with Crippen molar-refractivity contribution < 1.29 is 4.74 Å². The second kappa shape index (κ2) is 4.89. The maximum absolute atomic E-state index is 12.0. The van der Waals surface area contributed by atoms with Crippen molar-refractivity contribution in [2.24, 2.45) is 0 Å². The van der Waals surface area contributed by atoms with Crippen LogP contribution in [-0.2, 0) is 6.54 Å². The smallest absolute Gasteiger partial charge is 0.258 e. The van der Waals surface area contributed by atoms with Gasteiger partial charge >= 0.3 is 0 Å². The van der Waals surface area contributed by atoms with Gasteiger partial charge in [0.2, 0.25) is 0 Å². The SMILES string of the molecule is O=c1cc(CN2CCOc3ccccc32)nc2sccn12. The fraction of sp³-hybridized carbons (Fsp3) is 0.200. The van der Waals surface area contributed by atoms with E-state index in [2.05, 4.69) is 9.88 Å². The molecule has 21 heavy (non-hydrogen) atoms. The van der Waals surface area contributed by atoms with Gasteiger partial charge in [-0.05, 0) is 12.1 Å². The highest BCUT2D eigenvalue weighted by Gasteiger charge is 2.18.